The first-order valence-corrected chi connectivity index (χ1v) is 10.9. The van der Waals surface area contributed by atoms with Gasteiger partial charge in [0, 0.05) is 5.75 Å². The zero-order chi connectivity index (χ0) is 22.6. The Balaban J connectivity index is 1.89. The highest BCUT2D eigenvalue weighted by atomic mass is 35.5. The Bertz CT molecular complexity index is 1090. The summed E-state index contributed by atoms with van der Waals surface area (Å²) < 4.78 is 41.3. The maximum Gasteiger partial charge on any atom is 0.417 e. The zero-order valence-corrected chi connectivity index (χ0v) is 18.5. The molecule has 0 unspecified atom stereocenters. The van der Waals surface area contributed by atoms with Gasteiger partial charge in [0.2, 0.25) is 0 Å². The molecule has 0 spiro atoms. The highest BCUT2D eigenvalue weighted by molar-refractivity contribution is 7.99. The molecule has 31 heavy (non-hydrogen) atoms. The van der Waals surface area contributed by atoms with Crippen molar-refractivity contribution in [1.29, 1.82) is 0 Å². The molecule has 11 heteroatoms. The van der Waals surface area contributed by atoms with E-state index in [0.717, 1.165) is 24.3 Å². The maximum absolute atomic E-state index is 13.2. The van der Waals surface area contributed by atoms with Gasteiger partial charge >= 0.3 is 6.18 Å². The number of benzene rings is 2. The molecule has 3 aromatic rings. The molecule has 0 aliphatic heterocycles. The first-order valence-electron chi connectivity index (χ1n) is 9.19. The van der Waals surface area contributed by atoms with Gasteiger partial charge in [-0.2, -0.15) is 13.2 Å². The number of aromatic nitrogens is 3. The van der Waals surface area contributed by atoms with Crippen LogP contribution in [0.15, 0.2) is 47.6 Å². The van der Waals surface area contributed by atoms with Crippen molar-refractivity contribution in [2.75, 3.05) is 5.75 Å². The fourth-order valence-corrected chi connectivity index (χ4v) is 3.89. The lowest BCUT2D eigenvalue weighted by Gasteiger charge is -2.14. The molecule has 1 amide bonds. The van der Waals surface area contributed by atoms with Gasteiger partial charge in [-0.3, -0.25) is 9.36 Å². The number of rotatable bonds is 7. The molecule has 0 fully saturated rings. The molecule has 0 aliphatic carbocycles. The van der Waals surface area contributed by atoms with Crippen LogP contribution in [-0.4, -0.2) is 26.4 Å². The van der Waals surface area contributed by atoms with Gasteiger partial charge in [0.05, 0.1) is 33.4 Å². The van der Waals surface area contributed by atoms with Gasteiger partial charge in [-0.15, -0.1) is 10.2 Å². The van der Waals surface area contributed by atoms with Crippen molar-refractivity contribution in [3.8, 4) is 5.69 Å². The second-order valence-corrected chi connectivity index (χ2v) is 8.28. The summed E-state index contributed by atoms with van der Waals surface area (Å²) >= 11 is 13.6. The Morgan fingerprint density at radius 3 is 2.55 bits per heavy atom. The lowest BCUT2D eigenvalue weighted by Crippen LogP contribution is -2.27. The summed E-state index contributed by atoms with van der Waals surface area (Å²) in [6.07, 6.45) is -3.74. The molecule has 3 rings (SSSR count). The Hall–Kier alpha value is -2.23. The molecule has 1 aromatic heterocycles. The number of nitrogens with zero attached hydrogens (tertiary/aromatic N) is 3. The van der Waals surface area contributed by atoms with Gasteiger partial charge in [-0.05, 0) is 36.8 Å². The Morgan fingerprint density at radius 1 is 1.13 bits per heavy atom. The normalized spacial score (nSPS) is 11.5. The molecule has 0 aliphatic rings. The number of amides is 1. The average molecular weight is 489 g/mol. The third-order valence-corrected chi connectivity index (χ3v) is 6.06. The number of hydrogen-bond acceptors (Lipinski definition) is 4. The van der Waals surface area contributed by atoms with Crippen molar-refractivity contribution in [2.24, 2.45) is 0 Å². The van der Waals surface area contributed by atoms with Crippen LogP contribution in [0, 0.1) is 0 Å². The third kappa shape index (κ3) is 5.53. The second kappa shape index (κ2) is 9.93. The fraction of sp³-hybridized carbons (Fsp3) is 0.250. The van der Waals surface area contributed by atoms with Crippen LogP contribution in [0.1, 0.15) is 35.1 Å². The summed E-state index contributed by atoms with van der Waals surface area (Å²) in [5, 5.41) is 12.0. The first-order chi connectivity index (χ1) is 14.7. The van der Waals surface area contributed by atoms with Gasteiger partial charge in [-0.1, -0.05) is 54.0 Å². The monoisotopic (exact) mass is 488 g/mol. The molecule has 2 aromatic carbocycles. The molecule has 0 bridgehead atoms. The van der Waals surface area contributed by atoms with Gasteiger partial charge in [0.1, 0.15) is 0 Å². The van der Waals surface area contributed by atoms with Crippen LogP contribution in [0.5, 0.6) is 0 Å². The quantitative estimate of drug-likeness (QED) is 0.412. The van der Waals surface area contributed by atoms with Gasteiger partial charge in [0.25, 0.3) is 5.91 Å². The summed E-state index contributed by atoms with van der Waals surface area (Å²) in [7, 11) is 0. The topological polar surface area (TPSA) is 59.8 Å². The van der Waals surface area contributed by atoms with Crippen LogP contribution in [-0.2, 0) is 12.7 Å². The number of hydrogen-bond donors (Lipinski definition) is 1. The van der Waals surface area contributed by atoms with E-state index in [1.54, 1.807) is 22.8 Å². The van der Waals surface area contributed by atoms with E-state index in [-0.39, 0.29) is 6.54 Å². The molecule has 0 atom stereocenters. The Morgan fingerprint density at radius 2 is 1.87 bits per heavy atom. The average Bonchev–Trinajstić information content (AvgIpc) is 3.14. The van der Waals surface area contributed by atoms with Crippen LogP contribution < -0.4 is 5.32 Å². The van der Waals surface area contributed by atoms with Crippen molar-refractivity contribution >= 4 is 40.9 Å². The minimum absolute atomic E-state index is 0.134. The van der Waals surface area contributed by atoms with Crippen LogP contribution in [0.2, 0.25) is 10.0 Å². The van der Waals surface area contributed by atoms with Gasteiger partial charge < -0.3 is 5.32 Å². The lowest BCUT2D eigenvalue weighted by molar-refractivity contribution is -0.137. The van der Waals surface area contributed by atoms with E-state index in [0.29, 0.717) is 26.7 Å². The molecule has 1 heterocycles. The Labute approximate surface area is 190 Å². The number of thioether (sulfide) groups is 1. The molecule has 164 valence electrons. The molecule has 0 saturated carbocycles. The van der Waals surface area contributed by atoms with Gasteiger partial charge in [-0.25, -0.2) is 0 Å². The largest absolute Gasteiger partial charge is 0.417 e. The van der Waals surface area contributed by atoms with Gasteiger partial charge in [0.15, 0.2) is 11.0 Å². The number of carbonyl (C=O) groups excluding carboxylic acids is 1. The summed E-state index contributed by atoms with van der Waals surface area (Å²) in [6, 6.07) is 9.58. The molecular weight excluding hydrogens is 472 g/mol. The van der Waals surface area contributed by atoms with Crippen molar-refractivity contribution < 1.29 is 18.0 Å². The summed E-state index contributed by atoms with van der Waals surface area (Å²) in [4.78, 5) is 12.5. The number of nitrogens with one attached hydrogen (secondary N) is 1. The van der Waals surface area contributed by atoms with Crippen molar-refractivity contribution in [3.05, 3.63) is 69.5 Å². The summed E-state index contributed by atoms with van der Waals surface area (Å²) in [5.41, 5.74) is -0.841. The van der Waals surface area contributed by atoms with Crippen LogP contribution in [0.3, 0.4) is 0 Å². The zero-order valence-electron chi connectivity index (χ0n) is 16.2. The first kappa shape index (κ1) is 23.4. The predicted molar refractivity (Wildman–Crippen MR) is 115 cm³/mol. The molecule has 0 saturated heterocycles. The number of alkyl halides is 3. The second-order valence-electron chi connectivity index (χ2n) is 6.41. The molecule has 5 nitrogen and oxygen atoms in total. The van der Waals surface area contributed by atoms with Crippen LogP contribution >= 0.6 is 35.0 Å². The molecule has 0 radical (unpaired) electrons. The minimum atomic E-state index is -4.64. The lowest BCUT2D eigenvalue weighted by atomic mass is 10.1. The summed E-state index contributed by atoms with van der Waals surface area (Å²) in [5.74, 6) is 0.263. The van der Waals surface area contributed by atoms with E-state index >= 15 is 0 Å². The third-order valence-electron chi connectivity index (χ3n) is 4.18. The van der Waals surface area contributed by atoms with Crippen molar-refractivity contribution in [1.82, 2.24) is 20.1 Å². The predicted octanol–water partition coefficient (Wildman–Crippen LogP) is 6.03. The number of carbonyl (C=O) groups is 1. The van der Waals surface area contributed by atoms with E-state index in [9.17, 15) is 18.0 Å². The summed E-state index contributed by atoms with van der Waals surface area (Å²) in [6.45, 7) is 1.89. The molecular formula is C20H17Cl2F3N4OS. The van der Waals surface area contributed by atoms with Crippen molar-refractivity contribution in [3.63, 3.8) is 0 Å². The van der Waals surface area contributed by atoms with Crippen LogP contribution in [0.4, 0.5) is 13.2 Å². The van der Waals surface area contributed by atoms with E-state index in [4.69, 9.17) is 23.2 Å². The van der Waals surface area contributed by atoms with E-state index in [1.807, 2.05) is 6.92 Å². The smallest absolute Gasteiger partial charge is 0.345 e. The SMILES string of the molecule is CCCSc1nnc(CNC(=O)c2ccccc2C(F)(F)F)n1-c1ccc(Cl)c(Cl)c1. The standard InChI is InChI=1S/C20H17Cl2F3N4OS/c1-2-9-31-19-28-27-17(29(19)12-7-8-15(21)16(22)10-12)11-26-18(30)13-5-3-4-6-14(13)20(23,24)25/h3-8,10H,2,9,11H2,1H3,(H,26,30). The Kier molecular flexibility index (Phi) is 7.51. The van der Waals surface area contributed by atoms with E-state index in [2.05, 4.69) is 15.5 Å². The van der Waals surface area contributed by atoms with E-state index < -0.39 is 23.2 Å². The van der Waals surface area contributed by atoms with Crippen molar-refractivity contribution in [2.45, 2.75) is 31.2 Å². The highest BCUT2D eigenvalue weighted by Crippen LogP contribution is 2.32. The fourth-order valence-electron chi connectivity index (χ4n) is 2.77. The van der Waals surface area contributed by atoms with Crippen LogP contribution in [0.25, 0.3) is 5.69 Å². The minimum Gasteiger partial charge on any atom is -0.345 e. The maximum atomic E-state index is 13.2. The van der Waals surface area contributed by atoms with E-state index in [1.165, 1.54) is 23.9 Å². The molecule has 1 N–H and O–H groups in total. The highest BCUT2D eigenvalue weighted by Gasteiger charge is 2.34. The number of halogens is 5.